The predicted octanol–water partition coefficient (Wildman–Crippen LogP) is 3.06. The molecule has 17 heavy (non-hydrogen) atoms. The molecular formula is C12H16N4S. The van der Waals surface area contributed by atoms with Gasteiger partial charge in [0.15, 0.2) is 0 Å². The molecule has 2 aromatic rings. The van der Waals surface area contributed by atoms with Crippen LogP contribution in [-0.2, 0) is 0 Å². The molecular weight excluding hydrogens is 232 g/mol. The second-order valence-corrected chi connectivity index (χ2v) is 4.68. The Hall–Kier alpha value is -1.62. The molecule has 0 bridgehead atoms. The number of aromatic nitrogens is 2. The van der Waals surface area contributed by atoms with Gasteiger partial charge in [-0.15, -0.1) is 0 Å². The summed E-state index contributed by atoms with van der Waals surface area (Å²) in [7, 11) is 1.82. The summed E-state index contributed by atoms with van der Waals surface area (Å²) in [5.74, 6) is 1.51. The Morgan fingerprint density at radius 1 is 1.41 bits per heavy atom. The maximum absolute atomic E-state index is 4.41. The fourth-order valence-corrected chi connectivity index (χ4v) is 2.27. The Bertz CT molecular complexity index is 481. The highest BCUT2D eigenvalue weighted by molar-refractivity contribution is 7.07. The van der Waals surface area contributed by atoms with E-state index < -0.39 is 0 Å². The van der Waals surface area contributed by atoms with Crippen LogP contribution in [0.25, 0.3) is 0 Å². The average molecular weight is 248 g/mol. The molecule has 5 heteroatoms. The van der Waals surface area contributed by atoms with E-state index in [9.17, 15) is 0 Å². The predicted molar refractivity (Wildman–Crippen MR) is 72.7 cm³/mol. The highest BCUT2D eigenvalue weighted by Crippen LogP contribution is 2.22. The SMILES string of the molecule is CNc1ncc(C)c(NC(C)c2ccsc2)n1. The van der Waals surface area contributed by atoms with Crippen molar-refractivity contribution < 1.29 is 0 Å². The van der Waals surface area contributed by atoms with E-state index in [1.165, 1.54) is 5.56 Å². The van der Waals surface area contributed by atoms with Crippen molar-refractivity contribution in [2.45, 2.75) is 19.9 Å². The summed E-state index contributed by atoms with van der Waals surface area (Å²) >= 11 is 1.71. The molecule has 1 atom stereocenters. The van der Waals surface area contributed by atoms with Crippen LogP contribution in [0.5, 0.6) is 0 Å². The molecule has 0 aliphatic heterocycles. The summed E-state index contributed by atoms with van der Waals surface area (Å²) in [5, 5.41) is 10.6. The fourth-order valence-electron chi connectivity index (χ4n) is 1.52. The van der Waals surface area contributed by atoms with Crippen LogP contribution < -0.4 is 10.6 Å². The Kier molecular flexibility index (Phi) is 3.58. The lowest BCUT2D eigenvalue weighted by Gasteiger charge is -2.15. The lowest BCUT2D eigenvalue weighted by atomic mass is 10.2. The number of aryl methyl sites for hydroxylation is 1. The minimum atomic E-state index is 0.250. The van der Waals surface area contributed by atoms with Crippen molar-refractivity contribution in [3.63, 3.8) is 0 Å². The first-order chi connectivity index (χ1) is 8.20. The zero-order valence-electron chi connectivity index (χ0n) is 10.2. The summed E-state index contributed by atoms with van der Waals surface area (Å²) < 4.78 is 0. The second-order valence-electron chi connectivity index (χ2n) is 3.90. The fraction of sp³-hybridized carbons (Fsp3) is 0.333. The zero-order valence-corrected chi connectivity index (χ0v) is 11.0. The van der Waals surface area contributed by atoms with Crippen LogP contribution in [0.4, 0.5) is 11.8 Å². The number of rotatable bonds is 4. The number of hydrogen-bond donors (Lipinski definition) is 2. The maximum Gasteiger partial charge on any atom is 0.224 e. The van der Waals surface area contributed by atoms with Gasteiger partial charge in [-0.05, 0) is 36.2 Å². The average Bonchev–Trinajstić information content (AvgIpc) is 2.85. The van der Waals surface area contributed by atoms with Crippen molar-refractivity contribution in [3.8, 4) is 0 Å². The van der Waals surface area contributed by atoms with Crippen LogP contribution in [0.1, 0.15) is 24.1 Å². The monoisotopic (exact) mass is 248 g/mol. The first-order valence-corrected chi connectivity index (χ1v) is 6.45. The molecule has 90 valence electrons. The van der Waals surface area contributed by atoms with Gasteiger partial charge in [0.05, 0.1) is 6.04 Å². The van der Waals surface area contributed by atoms with Crippen LogP contribution >= 0.6 is 11.3 Å². The first kappa shape index (κ1) is 11.9. The molecule has 0 aliphatic carbocycles. The zero-order chi connectivity index (χ0) is 12.3. The quantitative estimate of drug-likeness (QED) is 0.873. The summed E-state index contributed by atoms with van der Waals surface area (Å²) in [6.45, 7) is 4.13. The topological polar surface area (TPSA) is 49.8 Å². The van der Waals surface area contributed by atoms with E-state index in [0.29, 0.717) is 5.95 Å². The molecule has 2 N–H and O–H groups in total. The molecule has 0 saturated carbocycles. The van der Waals surface area contributed by atoms with Gasteiger partial charge in [-0.2, -0.15) is 16.3 Å². The van der Waals surface area contributed by atoms with Gasteiger partial charge in [0.2, 0.25) is 5.95 Å². The largest absolute Gasteiger partial charge is 0.363 e. The normalized spacial score (nSPS) is 12.2. The van der Waals surface area contributed by atoms with Crippen LogP contribution in [0.3, 0.4) is 0 Å². The van der Waals surface area contributed by atoms with Gasteiger partial charge in [0, 0.05) is 18.8 Å². The minimum absolute atomic E-state index is 0.250. The number of nitrogens with zero attached hydrogens (tertiary/aromatic N) is 2. The summed E-state index contributed by atoms with van der Waals surface area (Å²) in [5.41, 5.74) is 2.32. The van der Waals surface area contributed by atoms with E-state index >= 15 is 0 Å². The lowest BCUT2D eigenvalue weighted by molar-refractivity contribution is 0.873. The van der Waals surface area contributed by atoms with Crippen molar-refractivity contribution in [3.05, 3.63) is 34.2 Å². The van der Waals surface area contributed by atoms with E-state index in [0.717, 1.165) is 11.4 Å². The van der Waals surface area contributed by atoms with E-state index in [-0.39, 0.29) is 6.04 Å². The van der Waals surface area contributed by atoms with Crippen LogP contribution in [0, 0.1) is 6.92 Å². The third-order valence-electron chi connectivity index (χ3n) is 2.59. The molecule has 4 nitrogen and oxygen atoms in total. The van der Waals surface area contributed by atoms with Crippen LogP contribution in [-0.4, -0.2) is 17.0 Å². The molecule has 0 fully saturated rings. The Labute approximate surface area is 105 Å². The third kappa shape index (κ3) is 2.74. The van der Waals surface area contributed by atoms with Crippen molar-refractivity contribution in [2.24, 2.45) is 0 Å². The second kappa shape index (κ2) is 5.14. The van der Waals surface area contributed by atoms with E-state index in [1.807, 2.05) is 20.2 Å². The molecule has 2 aromatic heterocycles. The lowest BCUT2D eigenvalue weighted by Crippen LogP contribution is -2.10. The van der Waals surface area contributed by atoms with Crippen molar-refractivity contribution in [1.29, 1.82) is 0 Å². The van der Waals surface area contributed by atoms with Crippen molar-refractivity contribution >= 4 is 23.1 Å². The summed E-state index contributed by atoms with van der Waals surface area (Å²) in [4.78, 5) is 8.58. The highest BCUT2D eigenvalue weighted by Gasteiger charge is 2.09. The number of hydrogen-bond acceptors (Lipinski definition) is 5. The molecule has 2 heterocycles. The molecule has 0 amide bonds. The summed E-state index contributed by atoms with van der Waals surface area (Å²) in [6, 6.07) is 2.37. The molecule has 0 aliphatic rings. The Morgan fingerprint density at radius 3 is 2.88 bits per heavy atom. The molecule has 0 radical (unpaired) electrons. The summed E-state index contributed by atoms with van der Waals surface area (Å²) in [6.07, 6.45) is 1.82. The molecule has 0 spiro atoms. The van der Waals surface area contributed by atoms with Gasteiger partial charge in [-0.25, -0.2) is 4.98 Å². The molecule has 0 saturated heterocycles. The molecule has 0 aromatic carbocycles. The van der Waals surface area contributed by atoms with Gasteiger partial charge in [0.1, 0.15) is 5.82 Å². The standard InChI is InChI=1S/C12H16N4S/c1-8-6-14-12(13-3)16-11(8)15-9(2)10-4-5-17-7-10/h4-7,9H,1-3H3,(H2,13,14,15,16). The third-order valence-corrected chi connectivity index (χ3v) is 3.29. The number of anilines is 2. The van der Waals surface area contributed by atoms with Gasteiger partial charge < -0.3 is 10.6 Å². The van der Waals surface area contributed by atoms with Gasteiger partial charge in [-0.1, -0.05) is 0 Å². The van der Waals surface area contributed by atoms with Gasteiger partial charge in [0.25, 0.3) is 0 Å². The van der Waals surface area contributed by atoms with Crippen molar-refractivity contribution in [1.82, 2.24) is 9.97 Å². The number of nitrogens with one attached hydrogen (secondary N) is 2. The van der Waals surface area contributed by atoms with Gasteiger partial charge in [-0.3, -0.25) is 0 Å². The maximum atomic E-state index is 4.41. The van der Waals surface area contributed by atoms with E-state index in [1.54, 1.807) is 11.3 Å². The van der Waals surface area contributed by atoms with Crippen molar-refractivity contribution in [2.75, 3.05) is 17.7 Å². The minimum Gasteiger partial charge on any atom is -0.363 e. The van der Waals surface area contributed by atoms with Crippen LogP contribution in [0.2, 0.25) is 0 Å². The van der Waals surface area contributed by atoms with Gasteiger partial charge >= 0.3 is 0 Å². The van der Waals surface area contributed by atoms with E-state index in [4.69, 9.17) is 0 Å². The highest BCUT2D eigenvalue weighted by atomic mass is 32.1. The molecule has 1 unspecified atom stereocenters. The van der Waals surface area contributed by atoms with Crippen LogP contribution in [0.15, 0.2) is 23.0 Å². The molecule has 2 rings (SSSR count). The smallest absolute Gasteiger partial charge is 0.224 e. The van der Waals surface area contributed by atoms with E-state index in [2.05, 4.69) is 44.4 Å². The Balaban J connectivity index is 2.18. The number of thiophene rings is 1. The Morgan fingerprint density at radius 2 is 2.24 bits per heavy atom. The first-order valence-electron chi connectivity index (χ1n) is 5.50.